The van der Waals surface area contributed by atoms with E-state index in [9.17, 15) is 4.79 Å². The van der Waals surface area contributed by atoms with Crippen molar-refractivity contribution in [1.82, 2.24) is 10.2 Å². The lowest BCUT2D eigenvalue weighted by atomic mass is 10.1. The molecule has 1 amide bonds. The van der Waals surface area contributed by atoms with E-state index in [-0.39, 0.29) is 5.91 Å². The van der Waals surface area contributed by atoms with Gasteiger partial charge in [0.25, 0.3) is 5.91 Å². The number of carbonyl (C=O) groups excluding carboxylic acids is 1. The second-order valence-corrected chi connectivity index (χ2v) is 8.05. The van der Waals surface area contributed by atoms with E-state index in [0.29, 0.717) is 10.6 Å². The van der Waals surface area contributed by atoms with E-state index >= 15 is 0 Å². The molecule has 1 aliphatic heterocycles. The van der Waals surface area contributed by atoms with Gasteiger partial charge in [-0.2, -0.15) is 0 Å². The summed E-state index contributed by atoms with van der Waals surface area (Å²) >= 11 is 6.11. The third-order valence-corrected chi connectivity index (χ3v) is 5.78. The van der Waals surface area contributed by atoms with E-state index < -0.39 is 0 Å². The van der Waals surface area contributed by atoms with E-state index in [1.54, 1.807) is 12.1 Å². The number of rotatable bonds is 7. The van der Waals surface area contributed by atoms with Crippen LogP contribution in [0.1, 0.15) is 35.2 Å². The lowest BCUT2D eigenvalue weighted by Gasteiger charge is -2.15. The molecule has 1 saturated carbocycles. The summed E-state index contributed by atoms with van der Waals surface area (Å²) in [5.74, 6) is 0.575. The molecule has 1 atom stereocenters. The number of benzene rings is 2. The van der Waals surface area contributed by atoms with E-state index in [4.69, 9.17) is 11.6 Å². The zero-order valence-corrected chi connectivity index (χ0v) is 16.2. The summed E-state index contributed by atoms with van der Waals surface area (Å²) in [6.45, 7) is 4.38. The van der Waals surface area contributed by atoms with Gasteiger partial charge in [-0.3, -0.25) is 4.79 Å². The molecule has 2 aromatic rings. The third kappa shape index (κ3) is 4.89. The third-order valence-electron chi connectivity index (χ3n) is 5.45. The van der Waals surface area contributed by atoms with Crippen molar-refractivity contribution < 1.29 is 4.79 Å². The molecule has 4 nitrogen and oxygen atoms in total. The quantitative estimate of drug-likeness (QED) is 0.754. The van der Waals surface area contributed by atoms with Gasteiger partial charge < -0.3 is 15.5 Å². The molecule has 5 heteroatoms. The Kier molecular flexibility index (Phi) is 5.77. The minimum atomic E-state index is -0.183. The molecule has 2 fully saturated rings. The normalized spacial score (nSPS) is 20.0. The van der Waals surface area contributed by atoms with Gasteiger partial charge in [-0.05, 0) is 68.1 Å². The predicted molar refractivity (Wildman–Crippen MR) is 110 cm³/mol. The Hall–Kier alpha value is -1.88. The first kappa shape index (κ1) is 18.5. The predicted octanol–water partition coefficient (Wildman–Crippen LogP) is 4.17. The molecule has 0 aromatic heterocycles. The monoisotopic (exact) mass is 383 g/mol. The van der Waals surface area contributed by atoms with Gasteiger partial charge in [0.05, 0.1) is 10.6 Å². The number of nitrogens with zero attached hydrogens (tertiary/aromatic N) is 1. The number of carbonyl (C=O) groups is 1. The summed E-state index contributed by atoms with van der Waals surface area (Å²) in [5, 5.41) is 6.99. The smallest absolute Gasteiger partial charge is 0.257 e. The fraction of sp³-hybridized carbons (Fsp3) is 0.409. The fourth-order valence-electron chi connectivity index (χ4n) is 3.82. The van der Waals surface area contributed by atoms with Crippen LogP contribution >= 0.6 is 11.6 Å². The molecule has 1 saturated heterocycles. The second-order valence-electron chi connectivity index (χ2n) is 7.65. The van der Waals surface area contributed by atoms with Gasteiger partial charge in [-0.25, -0.2) is 0 Å². The van der Waals surface area contributed by atoms with Crippen molar-refractivity contribution in [1.29, 1.82) is 0 Å². The van der Waals surface area contributed by atoms with Gasteiger partial charge in [0.15, 0.2) is 0 Å². The minimum Gasteiger partial charge on any atom is -0.322 e. The average Bonchev–Trinajstić information content (AvgIpc) is 3.41. The fourth-order valence-corrected chi connectivity index (χ4v) is 4.05. The van der Waals surface area contributed by atoms with Gasteiger partial charge in [0.1, 0.15) is 0 Å². The highest BCUT2D eigenvalue weighted by atomic mass is 35.5. The van der Waals surface area contributed by atoms with Crippen LogP contribution in [0.5, 0.6) is 0 Å². The maximum atomic E-state index is 12.4. The molecular weight excluding hydrogens is 358 g/mol. The highest BCUT2D eigenvalue weighted by Crippen LogP contribution is 2.31. The molecule has 1 heterocycles. The zero-order valence-electron chi connectivity index (χ0n) is 15.5. The number of hydrogen-bond acceptors (Lipinski definition) is 3. The van der Waals surface area contributed by atoms with Crippen molar-refractivity contribution in [3.05, 3.63) is 64.7 Å². The zero-order chi connectivity index (χ0) is 18.6. The van der Waals surface area contributed by atoms with Gasteiger partial charge in [-0.15, -0.1) is 0 Å². The highest BCUT2D eigenvalue weighted by molar-refractivity contribution is 6.34. The van der Waals surface area contributed by atoms with Gasteiger partial charge in [0, 0.05) is 24.8 Å². The highest BCUT2D eigenvalue weighted by Gasteiger charge is 2.33. The summed E-state index contributed by atoms with van der Waals surface area (Å²) < 4.78 is 0. The van der Waals surface area contributed by atoms with Crippen molar-refractivity contribution in [2.75, 3.05) is 25.0 Å². The summed E-state index contributed by atoms with van der Waals surface area (Å²) in [6.07, 6.45) is 4.09. The Labute approximate surface area is 165 Å². The van der Waals surface area contributed by atoms with Crippen molar-refractivity contribution in [3.63, 3.8) is 0 Å². The van der Waals surface area contributed by atoms with E-state index in [0.717, 1.165) is 30.7 Å². The number of halogens is 1. The van der Waals surface area contributed by atoms with Crippen LogP contribution in [0.25, 0.3) is 0 Å². The first-order chi connectivity index (χ1) is 13.2. The Morgan fingerprint density at radius 2 is 1.96 bits per heavy atom. The first-order valence-corrected chi connectivity index (χ1v) is 10.2. The van der Waals surface area contributed by atoms with Crippen LogP contribution in [0.3, 0.4) is 0 Å². The van der Waals surface area contributed by atoms with Gasteiger partial charge in [0.2, 0.25) is 0 Å². The van der Waals surface area contributed by atoms with Gasteiger partial charge >= 0.3 is 0 Å². The van der Waals surface area contributed by atoms with E-state index in [1.807, 2.05) is 30.3 Å². The maximum absolute atomic E-state index is 12.4. The Balaban J connectivity index is 1.27. The minimum absolute atomic E-state index is 0.183. The second kappa shape index (κ2) is 8.42. The number of likely N-dealkylation sites (tertiary alicyclic amines) is 1. The lowest BCUT2D eigenvalue weighted by molar-refractivity contribution is 0.102. The Morgan fingerprint density at radius 1 is 1.11 bits per heavy atom. The van der Waals surface area contributed by atoms with Crippen LogP contribution < -0.4 is 10.6 Å². The van der Waals surface area contributed by atoms with Crippen molar-refractivity contribution in [2.24, 2.45) is 5.92 Å². The van der Waals surface area contributed by atoms with Crippen LogP contribution in [0, 0.1) is 5.92 Å². The summed E-state index contributed by atoms with van der Waals surface area (Å²) in [4.78, 5) is 15.1. The average molecular weight is 384 g/mol. The molecule has 2 aliphatic rings. The molecular formula is C22H26ClN3O. The Morgan fingerprint density at radius 3 is 2.78 bits per heavy atom. The number of hydrogen-bond donors (Lipinski definition) is 2. The van der Waals surface area contributed by atoms with Crippen molar-refractivity contribution >= 4 is 23.2 Å². The molecule has 0 spiro atoms. The summed E-state index contributed by atoms with van der Waals surface area (Å²) in [6, 6.07) is 16.0. The standard InChI is InChI=1S/C22H26ClN3O/c23-21-7-2-1-6-20(21)22(27)25-18-5-3-4-16(12-18)13-24-14-17-10-11-26(15-17)19-8-9-19/h1-7,12,17,19,24H,8-11,13-15H2,(H,25,27). The van der Waals surface area contributed by atoms with Crippen LogP contribution in [0.15, 0.2) is 48.5 Å². The van der Waals surface area contributed by atoms with Crippen LogP contribution in [0.2, 0.25) is 5.02 Å². The molecule has 1 aliphatic carbocycles. The summed E-state index contributed by atoms with van der Waals surface area (Å²) in [7, 11) is 0. The molecule has 4 rings (SSSR count). The van der Waals surface area contributed by atoms with Crippen LogP contribution in [-0.4, -0.2) is 36.5 Å². The molecule has 142 valence electrons. The SMILES string of the molecule is O=C(Nc1cccc(CNCC2CCN(C3CC3)C2)c1)c1ccccc1Cl. The first-order valence-electron chi connectivity index (χ1n) is 9.78. The molecule has 1 unspecified atom stereocenters. The van der Waals surface area contributed by atoms with Crippen molar-refractivity contribution in [2.45, 2.75) is 31.8 Å². The largest absolute Gasteiger partial charge is 0.322 e. The Bertz CT molecular complexity index is 806. The number of nitrogens with one attached hydrogen (secondary N) is 2. The maximum Gasteiger partial charge on any atom is 0.257 e. The van der Waals surface area contributed by atoms with Crippen LogP contribution in [0.4, 0.5) is 5.69 Å². The molecule has 0 radical (unpaired) electrons. The summed E-state index contributed by atoms with van der Waals surface area (Å²) in [5.41, 5.74) is 2.45. The molecule has 2 N–H and O–H groups in total. The molecule has 0 bridgehead atoms. The van der Waals surface area contributed by atoms with E-state index in [1.165, 1.54) is 37.9 Å². The molecule has 27 heavy (non-hydrogen) atoms. The number of amides is 1. The van der Waals surface area contributed by atoms with Gasteiger partial charge in [-0.1, -0.05) is 35.9 Å². The van der Waals surface area contributed by atoms with Crippen LogP contribution in [-0.2, 0) is 6.54 Å². The van der Waals surface area contributed by atoms with E-state index in [2.05, 4.69) is 21.6 Å². The lowest BCUT2D eigenvalue weighted by Crippen LogP contribution is -2.27. The van der Waals surface area contributed by atoms with Crippen molar-refractivity contribution in [3.8, 4) is 0 Å². The number of anilines is 1. The molecule has 2 aromatic carbocycles. The topological polar surface area (TPSA) is 44.4 Å².